The van der Waals surface area contributed by atoms with Crippen LogP contribution in [0.5, 0.6) is 0 Å². The normalized spacial score (nSPS) is 11.5. The second kappa shape index (κ2) is 6.96. The summed E-state index contributed by atoms with van der Waals surface area (Å²) in [7, 11) is -3.32. The van der Waals surface area contributed by atoms with Crippen LogP contribution in [0.2, 0.25) is 0 Å². The standard InChI is InChI=1S/C18H21NO3S/c1-4-19(16-8-6-5-7-9-16)18(20)15-10-12-17(13-11-15)23(21,22)14(2)3/h5-14H,4H2,1-3H3. The van der Waals surface area contributed by atoms with Gasteiger partial charge in [-0.1, -0.05) is 18.2 Å². The fourth-order valence-electron chi connectivity index (χ4n) is 2.27. The van der Waals surface area contributed by atoms with Crippen LogP contribution in [0.4, 0.5) is 5.69 Å². The van der Waals surface area contributed by atoms with Gasteiger partial charge in [0.1, 0.15) is 0 Å². The maximum atomic E-state index is 12.6. The zero-order valence-electron chi connectivity index (χ0n) is 13.6. The summed E-state index contributed by atoms with van der Waals surface area (Å²) < 4.78 is 24.3. The SMILES string of the molecule is CCN(C(=O)c1ccc(S(=O)(=O)C(C)C)cc1)c1ccccc1. The Labute approximate surface area is 137 Å². The summed E-state index contributed by atoms with van der Waals surface area (Å²) in [6.45, 7) is 5.72. The smallest absolute Gasteiger partial charge is 0.258 e. The first-order valence-electron chi connectivity index (χ1n) is 7.58. The zero-order valence-corrected chi connectivity index (χ0v) is 14.4. The van der Waals surface area contributed by atoms with Crippen LogP contribution in [0.25, 0.3) is 0 Å². The molecule has 0 N–H and O–H groups in total. The molecule has 2 aromatic carbocycles. The minimum Gasteiger partial charge on any atom is -0.309 e. The first-order chi connectivity index (χ1) is 10.9. The highest BCUT2D eigenvalue weighted by Gasteiger charge is 2.21. The Bertz CT molecular complexity index is 766. The van der Waals surface area contributed by atoms with Gasteiger partial charge in [-0.25, -0.2) is 8.42 Å². The quantitative estimate of drug-likeness (QED) is 0.842. The van der Waals surface area contributed by atoms with Crippen LogP contribution in [0.3, 0.4) is 0 Å². The number of para-hydroxylation sites is 1. The average molecular weight is 331 g/mol. The van der Waals surface area contributed by atoms with Crippen molar-refractivity contribution in [3.63, 3.8) is 0 Å². The van der Waals surface area contributed by atoms with Crippen molar-refractivity contribution in [2.24, 2.45) is 0 Å². The van der Waals surface area contributed by atoms with Crippen LogP contribution < -0.4 is 4.90 Å². The molecule has 0 aromatic heterocycles. The third-order valence-corrected chi connectivity index (χ3v) is 5.85. The molecule has 0 saturated heterocycles. The van der Waals surface area contributed by atoms with Crippen molar-refractivity contribution in [1.82, 2.24) is 0 Å². The third kappa shape index (κ3) is 3.62. The van der Waals surface area contributed by atoms with E-state index in [0.717, 1.165) is 5.69 Å². The minimum atomic E-state index is -3.32. The van der Waals surface area contributed by atoms with Crippen LogP contribution in [-0.2, 0) is 9.84 Å². The van der Waals surface area contributed by atoms with Crippen LogP contribution in [0, 0.1) is 0 Å². The van der Waals surface area contributed by atoms with Crippen molar-refractivity contribution in [3.8, 4) is 0 Å². The van der Waals surface area contributed by atoms with E-state index >= 15 is 0 Å². The van der Waals surface area contributed by atoms with Crippen molar-refractivity contribution in [2.45, 2.75) is 30.9 Å². The van der Waals surface area contributed by atoms with Crippen LogP contribution in [-0.4, -0.2) is 26.1 Å². The molecule has 0 aliphatic carbocycles. The number of hydrogen-bond donors (Lipinski definition) is 0. The minimum absolute atomic E-state index is 0.146. The van der Waals surface area contributed by atoms with Gasteiger partial charge in [0.15, 0.2) is 9.84 Å². The Hall–Kier alpha value is -2.14. The van der Waals surface area contributed by atoms with Gasteiger partial charge in [-0.15, -0.1) is 0 Å². The van der Waals surface area contributed by atoms with Gasteiger partial charge in [0.25, 0.3) is 5.91 Å². The molecule has 0 unspecified atom stereocenters. The summed E-state index contributed by atoms with van der Waals surface area (Å²) in [5.74, 6) is -0.146. The molecular formula is C18H21NO3S. The lowest BCUT2D eigenvalue weighted by Gasteiger charge is -2.21. The Morgan fingerprint density at radius 2 is 1.57 bits per heavy atom. The lowest BCUT2D eigenvalue weighted by atomic mass is 10.2. The number of benzene rings is 2. The molecule has 0 saturated carbocycles. The second-order valence-corrected chi connectivity index (χ2v) is 8.01. The highest BCUT2D eigenvalue weighted by Crippen LogP contribution is 2.20. The van der Waals surface area contributed by atoms with Crippen molar-refractivity contribution in [1.29, 1.82) is 0 Å². The monoisotopic (exact) mass is 331 g/mol. The van der Waals surface area contributed by atoms with E-state index in [1.165, 1.54) is 12.1 Å². The number of carbonyl (C=O) groups is 1. The fourth-order valence-corrected chi connectivity index (χ4v) is 3.33. The summed E-state index contributed by atoms with van der Waals surface area (Å²) in [6.07, 6.45) is 0. The van der Waals surface area contributed by atoms with Crippen LogP contribution >= 0.6 is 0 Å². The van der Waals surface area contributed by atoms with Gasteiger partial charge in [-0.2, -0.15) is 0 Å². The van der Waals surface area contributed by atoms with Crippen molar-refractivity contribution < 1.29 is 13.2 Å². The molecule has 122 valence electrons. The molecule has 0 bridgehead atoms. The van der Waals surface area contributed by atoms with Gasteiger partial charge >= 0.3 is 0 Å². The predicted octanol–water partition coefficient (Wildman–Crippen LogP) is 3.54. The van der Waals surface area contributed by atoms with Crippen molar-refractivity contribution in [3.05, 3.63) is 60.2 Å². The van der Waals surface area contributed by atoms with Gasteiger partial charge in [0.2, 0.25) is 0 Å². The molecule has 23 heavy (non-hydrogen) atoms. The zero-order chi connectivity index (χ0) is 17.0. The summed E-state index contributed by atoms with van der Waals surface area (Å²) in [5.41, 5.74) is 1.29. The summed E-state index contributed by atoms with van der Waals surface area (Å²) in [6, 6.07) is 15.5. The van der Waals surface area contributed by atoms with Gasteiger partial charge in [0, 0.05) is 17.8 Å². The molecule has 0 radical (unpaired) electrons. The Kier molecular flexibility index (Phi) is 5.21. The number of amides is 1. The maximum absolute atomic E-state index is 12.6. The molecule has 5 heteroatoms. The molecule has 2 rings (SSSR count). The summed E-state index contributed by atoms with van der Waals surface area (Å²) in [4.78, 5) is 14.5. The number of anilines is 1. The number of hydrogen-bond acceptors (Lipinski definition) is 3. The Balaban J connectivity index is 2.30. The average Bonchev–Trinajstić information content (AvgIpc) is 2.56. The lowest BCUT2D eigenvalue weighted by molar-refractivity contribution is 0.0988. The summed E-state index contributed by atoms with van der Waals surface area (Å²) >= 11 is 0. The van der Waals surface area contributed by atoms with E-state index < -0.39 is 15.1 Å². The third-order valence-electron chi connectivity index (χ3n) is 3.68. The summed E-state index contributed by atoms with van der Waals surface area (Å²) in [5, 5.41) is -0.486. The largest absolute Gasteiger partial charge is 0.309 e. The topological polar surface area (TPSA) is 54.5 Å². The highest BCUT2D eigenvalue weighted by atomic mass is 32.2. The van der Waals surface area contributed by atoms with E-state index in [-0.39, 0.29) is 10.8 Å². The van der Waals surface area contributed by atoms with Gasteiger partial charge in [-0.05, 0) is 57.2 Å². The first-order valence-corrected chi connectivity index (χ1v) is 9.13. The Morgan fingerprint density at radius 3 is 2.04 bits per heavy atom. The first kappa shape index (κ1) is 17.2. The van der Waals surface area contributed by atoms with Crippen molar-refractivity contribution >= 4 is 21.4 Å². The number of sulfone groups is 1. The molecule has 0 aliphatic rings. The highest BCUT2D eigenvalue weighted by molar-refractivity contribution is 7.92. The molecular weight excluding hydrogens is 310 g/mol. The van der Waals surface area contributed by atoms with E-state index in [0.29, 0.717) is 12.1 Å². The van der Waals surface area contributed by atoms with Crippen LogP contribution in [0.1, 0.15) is 31.1 Å². The Morgan fingerprint density at radius 1 is 1.00 bits per heavy atom. The molecule has 0 fully saturated rings. The van der Waals surface area contributed by atoms with Gasteiger partial charge in [0.05, 0.1) is 10.1 Å². The second-order valence-electron chi connectivity index (χ2n) is 5.50. The number of rotatable bonds is 5. The molecule has 0 spiro atoms. The molecule has 1 amide bonds. The van der Waals surface area contributed by atoms with Gasteiger partial charge < -0.3 is 4.90 Å². The number of nitrogens with zero attached hydrogens (tertiary/aromatic N) is 1. The fraction of sp³-hybridized carbons (Fsp3) is 0.278. The molecule has 4 nitrogen and oxygen atoms in total. The van der Waals surface area contributed by atoms with Gasteiger partial charge in [-0.3, -0.25) is 4.79 Å². The molecule has 0 atom stereocenters. The lowest BCUT2D eigenvalue weighted by Crippen LogP contribution is -2.30. The van der Waals surface area contributed by atoms with E-state index in [2.05, 4.69) is 0 Å². The number of carbonyl (C=O) groups excluding carboxylic acids is 1. The van der Waals surface area contributed by atoms with E-state index in [4.69, 9.17) is 0 Å². The molecule has 2 aromatic rings. The maximum Gasteiger partial charge on any atom is 0.258 e. The van der Waals surface area contributed by atoms with Crippen molar-refractivity contribution in [2.75, 3.05) is 11.4 Å². The van der Waals surface area contributed by atoms with E-state index in [9.17, 15) is 13.2 Å². The molecule has 0 aliphatic heterocycles. The van der Waals surface area contributed by atoms with Crippen LogP contribution in [0.15, 0.2) is 59.5 Å². The van der Waals surface area contributed by atoms with E-state index in [1.54, 1.807) is 30.9 Å². The molecule has 0 heterocycles. The van der Waals surface area contributed by atoms with E-state index in [1.807, 2.05) is 37.3 Å². The predicted molar refractivity (Wildman–Crippen MR) is 92.6 cm³/mol.